The molecule has 0 radical (unpaired) electrons. The van der Waals surface area contributed by atoms with E-state index >= 15 is 0 Å². The van der Waals surface area contributed by atoms with Crippen LogP contribution in [0.3, 0.4) is 0 Å². The van der Waals surface area contributed by atoms with Crippen molar-refractivity contribution >= 4 is 27.6 Å². The van der Waals surface area contributed by atoms with Crippen molar-refractivity contribution in [2.24, 2.45) is 0 Å². The third-order valence-corrected chi connectivity index (χ3v) is 9.45. The lowest BCUT2D eigenvalue weighted by atomic mass is 9.85. The van der Waals surface area contributed by atoms with Gasteiger partial charge in [0.15, 0.2) is 0 Å². The zero-order chi connectivity index (χ0) is 31.2. The quantitative estimate of drug-likeness (QED) is 0.180. The number of aryl methyl sites for hydroxylation is 1. The van der Waals surface area contributed by atoms with Crippen LogP contribution in [0.5, 0.6) is 0 Å². The Morgan fingerprint density at radius 2 is 0.979 bits per heavy atom. The lowest BCUT2D eigenvalue weighted by molar-refractivity contribution is 0.936. The highest BCUT2D eigenvalue weighted by molar-refractivity contribution is 6.21. The van der Waals surface area contributed by atoms with Crippen LogP contribution in [0.25, 0.3) is 78.1 Å². The summed E-state index contributed by atoms with van der Waals surface area (Å²) in [6.07, 6.45) is 6.48. The second kappa shape index (κ2) is 11.4. The molecule has 9 rings (SSSR count). The summed E-state index contributed by atoms with van der Waals surface area (Å²) in [7, 11) is 0. The molecule has 2 heteroatoms. The first-order chi connectivity index (χ1) is 23.3. The fourth-order valence-corrected chi connectivity index (χ4v) is 7.28. The minimum absolute atomic E-state index is 0.969. The summed E-state index contributed by atoms with van der Waals surface area (Å²) in [5, 5.41) is 5.06. The van der Waals surface area contributed by atoms with Gasteiger partial charge in [-0.25, -0.2) is 4.98 Å². The van der Waals surface area contributed by atoms with Gasteiger partial charge in [-0.05, 0) is 92.0 Å². The average Bonchev–Trinajstić information content (AvgIpc) is 3.54. The van der Waals surface area contributed by atoms with Gasteiger partial charge in [0.1, 0.15) is 5.82 Å². The van der Waals surface area contributed by atoms with Crippen molar-refractivity contribution in [2.75, 3.05) is 0 Å². The van der Waals surface area contributed by atoms with Crippen LogP contribution in [0.15, 0.2) is 164 Å². The first kappa shape index (κ1) is 27.3. The van der Waals surface area contributed by atoms with E-state index < -0.39 is 0 Å². The largest absolute Gasteiger partial charge is 0.293 e. The molecule has 0 N–H and O–H groups in total. The molecule has 0 spiro atoms. The summed E-state index contributed by atoms with van der Waals surface area (Å²) in [5.74, 6) is 0.989. The van der Waals surface area contributed by atoms with Crippen molar-refractivity contribution in [3.8, 4) is 50.5 Å². The van der Waals surface area contributed by atoms with Gasteiger partial charge in [-0.2, -0.15) is 0 Å². The van der Waals surface area contributed by atoms with E-state index in [2.05, 4.69) is 174 Å². The highest BCUT2D eigenvalue weighted by Gasteiger charge is 2.20. The molecular formula is C45H32N2. The van der Waals surface area contributed by atoms with Gasteiger partial charge in [-0.1, -0.05) is 146 Å². The van der Waals surface area contributed by atoms with Gasteiger partial charge in [0, 0.05) is 11.3 Å². The standard InChI is InChI=1S/C45H32N2/c1-4-14-32(15-5-1)43-37-20-10-11-21-38(37)44(33-16-6-2-7-17-33)40-30-35(28-29-39(40)43)31-24-26-34(27-25-31)45-46-41-22-12-13-23-42(41)47(45)36-18-8-3-9-19-36/h1-11,13-21,23-30H,12,22H2. The van der Waals surface area contributed by atoms with Crippen molar-refractivity contribution in [1.82, 2.24) is 9.55 Å². The van der Waals surface area contributed by atoms with Crippen molar-refractivity contribution in [1.29, 1.82) is 0 Å². The fraction of sp³-hybridized carbons (Fsp3) is 0.0444. The molecule has 0 fully saturated rings. The van der Waals surface area contributed by atoms with Gasteiger partial charge in [0.2, 0.25) is 0 Å². The minimum atomic E-state index is 0.969. The van der Waals surface area contributed by atoms with Crippen LogP contribution in [0.2, 0.25) is 0 Å². The molecular weight excluding hydrogens is 569 g/mol. The van der Waals surface area contributed by atoms with E-state index in [-0.39, 0.29) is 0 Å². The molecule has 0 amide bonds. The topological polar surface area (TPSA) is 17.8 Å². The molecule has 1 aliphatic carbocycles. The molecule has 0 unspecified atom stereocenters. The molecule has 7 aromatic carbocycles. The molecule has 47 heavy (non-hydrogen) atoms. The maximum atomic E-state index is 5.17. The van der Waals surface area contributed by atoms with E-state index in [1.54, 1.807) is 0 Å². The van der Waals surface area contributed by atoms with E-state index in [9.17, 15) is 0 Å². The number of benzene rings is 7. The van der Waals surface area contributed by atoms with Gasteiger partial charge < -0.3 is 0 Å². The van der Waals surface area contributed by atoms with Gasteiger partial charge >= 0.3 is 0 Å². The summed E-state index contributed by atoms with van der Waals surface area (Å²) < 4.78 is 2.30. The Bertz CT molecular complexity index is 2420. The number of hydrogen-bond acceptors (Lipinski definition) is 1. The highest BCUT2D eigenvalue weighted by Crippen LogP contribution is 2.45. The van der Waals surface area contributed by atoms with Crippen LogP contribution in [0.1, 0.15) is 17.8 Å². The van der Waals surface area contributed by atoms with Crippen LogP contribution in [-0.4, -0.2) is 9.55 Å². The van der Waals surface area contributed by atoms with E-state index in [1.165, 1.54) is 66.3 Å². The van der Waals surface area contributed by atoms with Crippen molar-refractivity contribution in [3.63, 3.8) is 0 Å². The zero-order valence-corrected chi connectivity index (χ0v) is 26.0. The van der Waals surface area contributed by atoms with E-state index in [4.69, 9.17) is 4.98 Å². The Labute approximate surface area is 274 Å². The Morgan fingerprint density at radius 3 is 1.64 bits per heavy atom. The predicted octanol–water partition coefficient (Wildman–Crippen LogP) is 11.8. The van der Waals surface area contributed by atoms with E-state index in [1.807, 2.05) is 0 Å². The van der Waals surface area contributed by atoms with Crippen LogP contribution >= 0.6 is 0 Å². The van der Waals surface area contributed by atoms with Gasteiger partial charge in [-0.3, -0.25) is 4.57 Å². The molecule has 0 aliphatic heterocycles. The normalized spacial score (nSPS) is 12.4. The first-order valence-corrected chi connectivity index (χ1v) is 16.4. The summed E-state index contributed by atoms with van der Waals surface area (Å²) in [5.41, 5.74) is 12.0. The SMILES string of the molecule is C1=Cc2c(nc(-c3ccc(-c4ccc5c(-c6ccccc6)c6ccccc6c(-c6ccccc6)c5c4)cc3)n2-c2ccccc2)CC1. The van der Waals surface area contributed by atoms with Crippen molar-refractivity contribution in [2.45, 2.75) is 12.8 Å². The number of imidazole rings is 1. The lowest BCUT2D eigenvalue weighted by Gasteiger charge is -2.18. The lowest BCUT2D eigenvalue weighted by Crippen LogP contribution is -2.01. The summed E-state index contributed by atoms with van der Waals surface area (Å²) in [6, 6.07) is 57.0. The summed E-state index contributed by atoms with van der Waals surface area (Å²) in [4.78, 5) is 5.17. The van der Waals surface area contributed by atoms with Gasteiger partial charge in [0.05, 0.1) is 11.4 Å². The molecule has 1 aromatic heterocycles. The number of aromatic nitrogens is 2. The molecule has 2 nitrogen and oxygen atoms in total. The third kappa shape index (κ3) is 4.69. The van der Waals surface area contributed by atoms with Gasteiger partial charge in [-0.15, -0.1) is 0 Å². The predicted molar refractivity (Wildman–Crippen MR) is 198 cm³/mol. The number of para-hydroxylation sites is 1. The Kier molecular flexibility index (Phi) is 6.64. The molecule has 222 valence electrons. The van der Waals surface area contributed by atoms with Crippen LogP contribution < -0.4 is 0 Å². The number of rotatable bonds is 5. The third-order valence-electron chi connectivity index (χ3n) is 9.45. The molecule has 0 saturated heterocycles. The zero-order valence-electron chi connectivity index (χ0n) is 26.0. The minimum Gasteiger partial charge on any atom is -0.293 e. The highest BCUT2D eigenvalue weighted by atomic mass is 15.1. The second-order valence-electron chi connectivity index (χ2n) is 12.2. The molecule has 1 heterocycles. The Hall–Kier alpha value is -5.99. The number of allylic oxidation sites excluding steroid dienone is 1. The molecule has 0 saturated carbocycles. The average molecular weight is 601 g/mol. The van der Waals surface area contributed by atoms with Crippen molar-refractivity contribution < 1.29 is 0 Å². The fourth-order valence-electron chi connectivity index (χ4n) is 7.28. The van der Waals surface area contributed by atoms with Crippen molar-refractivity contribution in [3.05, 3.63) is 175 Å². The Morgan fingerprint density at radius 1 is 0.447 bits per heavy atom. The Balaban J connectivity index is 1.22. The molecule has 0 bridgehead atoms. The van der Waals surface area contributed by atoms with E-state index in [0.29, 0.717) is 0 Å². The van der Waals surface area contributed by atoms with Crippen LogP contribution in [-0.2, 0) is 6.42 Å². The van der Waals surface area contributed by atoms with E-state index in [0.717, 1.165) is 29.9 Å². The van der Waals surface area contributed by atoms with Crippen LogP contribution in [0.4, 0.5) is 0 Å². The molecule has 8 aromatic rings. The molecule has 0 atom stereocenters. The second-order valence-corrected chi connectivity index (χ2v) is 12.2. The van der Waals surface area contributed by atoms with Gasteiger partial charge in [0.25, 0.3) is 0 Å². The summed E-state index contributed by atoms with van der Waals surface area (Å²) in [6.45, 7) is 0. The summed E-state index contributed by atoms with van der Waals surface area (Å²) >= 11 is 0. The maximum absolute atomic E-state index is 5.17. The maximum Gasteiger partial charge on any atom is 0.145 e. The first-order valence-electron chi connectivity index (χ1n) is 16.4. The molecule has 1 aliphatic rings. The van der Waals surface area contributed by atoms with Crippen LogP contribution in [0, 0.1) is 0 Å². The number of fused-ring (bicyclic) bond motifs is 3. The number of hydrogen-bond donors (Lipinski definition) is 0. The number of nitrogens with zero attached hydrogens (tertiary/aromatic N) is 2. The smallest absolute Gasteiger partial charge is 0.145 e. The monoisotopic (exact) mass is 600 g/mol.